The molecule has 1 N–H and O–H groups in total. The number of aryl methyl sites for hydroxylation is 1. The van der Waals surface area contributed by atoms with Crippen LogP contribution in [0.3, 0.4) is 0 Å². The summed E-state index contributed by atoms with van der Waals surface area (Å²) in [6, 6.07) is 8.07. The number of nitrogens with zero attached hydrogens (tertiary/aromatic N) is 2. The van der Waals surface area contributed by atoms with Crippen molar-refractivity contribution in [1.29, 1.82) is 0 Å². The van der Waals surface area contributed by atoms with E-state index in [-0.39, 0.29) is 0 Å². The molecule has 1 aromatic carbocycles. The number of para-hydroxylation sites is 1. The SMILES string of the molecule is Cn1nc(CC2(C(=O)O)CCCCCC2)c2ccccc21. The maximum Gasteiger partial charge on any atom is 0.310 e. The van der Waals surface area contributed by atoms with Crippen LogP contribution in [0.25, 0.3) is 10.9 Å². The van der Waals surface area contributed by atoms with Crippen LogP contribution in [0.5, 0.6) is 0 Å². The number of rotatable bonds is 3. The topological polar surface area (TPSA) is 55.1 Å². The first kappa shape index (κ1) is 14.1. The molecule has 1 aliphatic carbocycles. The summed E-state index contributed by atoms with van der Waals surface area (Å²) in [6.45, 7) is 0. The maximum absolute atomic E-state index is 11.9. The van der Waals surface area contributed by atoms with Crippen LogP contribution in [0.15, 0.2) is 24.3 Å². The van der Waals surface area contributed by atoms with Gasteiger partial charge in [0, 0.05) is 18.9 Å². The lowest BCUT2D eigenvalue weighted by Gasteiger charge is -2.27. The second-order valence-corrected chi connectivity index (χ2v) is 6.26. The fraction of sp³-hybridized carbons (Fsp3) is 0.529. The predicted molar refractivity (Wildman–Crippen MR) is 82.2 cm³/mol. The van der Waals surface area contributed by atoms with E-state index in [1.54, 1.807) is 0 Å². The molecule has 1 heterocycles. The Kier molecular flexibility index (Phi) is 3.70. The van der Waals surface area contributed by atoms with Crippen LogP contribution in [-0.2, 0) is 18.3 Å². The molecule has 21 heavy (non-hydrogen) atoms. The summed E-state index contributed by atoms with van der Waals surface area (Å²) in [7, 11) is 1.92. The van der Waals surface area contributed by atoms with Crippen LogP contribution in [-0.4, -0.2) is 20.9 Å². The van der Waals surface area contributed by atoms with Crippen molar-refractivity contribution in [3.8, 4) is 0 Å². The summed E-state index contributed by atoms with van der Waals surface area (Å²) in [5, 5.41) is 15.5. The van der Waals surface area contributed by atoms with E-state index in [0.717, 1.165) is 55.1 Å². The molecule has 0 radical (unpaired) electrons. The number of carbonyl (C=O) groups is 1. The van der Waals surface area contributed by atoms with Crippen LogP contribution in [0.1, 0.15) is 44.2 Å². The zero-order valence-corrected chi connectivity index (χ0v) is 12.5. The van der Waals surface area contributed by atoms with Crippen molar-refractivity contribution in [2.24, 2.45) is 12.5 Å². The van der Waals surface area contributed by atoms with Gasteiger partial charge >= 0.3 is 5.97 Å². The Morgan fingerprint density at radius 1 is 1.24 bits per heavy atom. The van der Waals surface area contributed by atoms with Gasteiger partial charge in [-0.2, -0.15) is 5.10 Å². The molecule has 1 fully saturated rings. The van der Waals surface area contributed by atoms with Gasteiger partial charge in [0.05, 0.1) is 16.6 Å². The first-order valence-corrected chi connectivity index (χ1v) is 7.76. The largest absolute Gasteiger partial charge is 0.481 e. The summed E-state index contributed by atoms with van der Waals surface area (Å²) < 4.78 is 1.86. The van der Waals surface area contributed by atoms with Crippen molar-refractivity contribution in [2.75, 3.05) is 0 Å². The molecule has 3 rings (SSSR count). The second-order valence-electron chi connectivity index (χ2n) is 6.26. The molecule has 0 spiro atoms. The molecule has 112 valence electrons. The monoisotopic (exact) mass is 286 g/mol. The predicted octanol–water partition coefficient (Wildman–Crippen LogP) is 3.54. The van der Waals surface area contributed by atoms with Gasteiger partial charge in [-0.1, -0.05) is 43.9 Å². The zero-order chi connectivity index (χ0) is 14.9. The van der Waals surface area contributed by atoms with Gasteiger partial charge in [0.2, 0.25) is 0 Å². The molecule has 0 aliphatic heterocycles. The Morgan fingerprint density at radius 2 is 1.90 bits per heavy atom. The highest BCUT2D eigenvalue weighted by Crippen LogP contribution is 2.39. The van der Waals surface area contributed by atoms with E-state index in [4.69, 9.17) is 0 Å². The van der Waals surface area contributed by atoms with Crippen molar-refractivity contribution in [3.05, 3.63) is 30.0 Å². The van der Waals surface area contributed by atoms with E-state index in [0.29, 0.717) is 6.42 Å². The van der Waals surface area contributed by atoms with E-state index in [1.807, 2.05) is 36.0 Å². The minimum Gasteiger partial charge on any atom is -0.481 e. The van der Waals surface area contributed by atoms with Crippen molar-refractivity contribution < 1.29 is 9.90 Å². The zero-order valence-electron chi connectivity index (χ0n) is 12.5. The van der Waals surface area contributed by atoms with E-state index in [1.165, 1.54) is 0 Å². The summed E-state index contributed by atoms with van der Waals surface area (Å²) in [4.78, 5) is 11.9. The standard InChI is InChI=1S/C17H22N2O2/c1-19-15-9-5-4-8-13(15)14(18-19)12-17(16(20)21)10-6-2-3-7-11-17/h4-5,8-9H,2-3,6-7,10-12H2,1H3,(H,20,21). The Bertz CT molecular complexity index is 652. The van der Waals surface area contributed by atoms with E-state index in [9.17, 15) is 9.90 Å². The third kappa shape index (κ3) is 2.55. The number of fused-ring (bicyclic) bond motifs is 1. The maximum atomic E-state index is 11.9. The molecule has 0 bridgehead atoms. The fourth-order valence-corrected chi connectivity index (χ4v) is 3.61. The molecule has 0 saturated heterocycles. The fourth-order valence-electron chi connectivity index (χ4n) is 3.61. The van der Waals surface area contributed by atoms with Gasteiger partial charge in [0.25, 0.3) is 0 Å². The third-order valence-corrected chi connectivity index (χ3v) is 4.85. The molecule has 0 atom stereocenters. The van der Waals surface area contributed by atoms with Crippen LogP contribution < -0.4 is 0 Å². The number of carboxylic acid groups (broad SMARTS) is 1. The lowest BCUT2D eigenvalue weighted by Crippen LogP contribution is -2.33. The number of aromatic nitrogens is 2. The summed E-state index contributed by atoms with van der Waals surface area (Å²) in [5.41, 5.74) is 1.37. The minimum atomic E-state index is -0.654. The minimum absolute atomic E-state index is 0.545. The lowest BCUT2D eigenvalue weighted by atomic mass is 9.76. The van der Waals surface area contributed by atoms with Crippen LogP contribution in [0.2, 0.25) is 0 Å². The highest BCUT2D eigenvalue weighted by Gasteiger charge is 2.39. The first-order valence-electron chi connectivity index (χ1n) is 7.76. The smallest absolute Gasteiger partial charge is 0.310 e. The van der Waals surface area contributed by atoms with Gasteiger partial charge in [0.1, 0.15) is 0 Å². The Hall–Kier alpha value is -1.84. The van der Waals surface area contributed by atoms with Gasteiger partial charge in [-0.05, 0) is 18.9 Å². The molecule has 2 aromatic rings. The average molecular weight is 286 g/mol. The highest BCUT2D eigenvalue weighted by molar-refractivity contribution is 5.83. The molecular weight excluding hydrogens is 264 g/mol. The van der Waals surface area contributed by atoms with Crippen molar-refractivity contribution >= 4 is 16.9 Å². The number of carboxylic acids is 1. The van der Waals surface area contributed by atoms with Crippen LogP contribution >= 0.6 is 0 Å². The van der Waals surface area contributed by atoms with Crippen LogP contribution in [0, 0.1) is 5.41 Å². The second kappa shape index (κ2) is 5.51. The average Bonchev–Trinajstić information content (AvgIpc) is 2.66. The van der Waals surface area contributed by atoms with Crippen molar-refractivity contribution in [1.82, 2.24) is 9.78 Å². The molecule has 1 aromatic heterocycles. The molecule has 4 nitrogen and oxygen atoms in total. The Balaban J connectivity index is 2.00. The van der Waals surface area contributed by atoms with Gasteiger partial charge in [-0.15, -0.1) is 0 Å². The highest BCUT2D eigenvalue weighted by atomic mass is 16.4. The Labute approximate surface area is 124 Å². The molecular formula is C17H22N2O2. The lowest BCUT2D eigenvalue weighted by molar-refractivity contribution is -0.149. The molecule has 4 heteroatoms. The number of aliphatic carboxylic acids is 1. The quantitative estimate of drug-likeness (QED) is 0.878. The van der Waals surface area contributed by atoms with E-state index in [2.05, 4.69) is 5.10 Å². The molecule has 1 saturated carbocycles. The summed E-state index contributed by atoms with van der Waals surface area (Å²) >= 11 is 0. The molecule has 0 amide bonds. The number of benzene rings is 1. The third-order valence-electron chi connectivity index (χ3n) is 4.85. The number of hydrogen-bond acceptors (Lipinski definition) is 2. The summed E-state index contributed by atoms with van der Waals surface area (Å²) in [6.07, 6.45) is 6.41. The van der Waals surface area contributed by atoms with Gasteiger partial charge in [-0.3, -0.25) is 9.48 Å². The van der Waals surface area contributed by atoms with Gasteiger partial charge in [-0.25, -0.2) is 0 Å². The van der Waals surface area contributed by atoms with Gasteiger partial charge in [0.15, 0.2) is 0 Å². The van der Waals surface area contributed by atoms with E-state index >= 15 is 0 Å². The number of hydrogen-bond donors (Lipinski definition) is 1. The molecule has 0 unspecified atom stereocenters. The molecule has 1 aliphatic rings. The first-order chi connectivity index (χ1) is 10.1. The normalized spacial score (nSPS) is 18.5. The van der Waals surface area contributed by atoms with E-state index < -0.39 is 11.4 Å². The van der Waals surface area contributed by atoms with Crippen LogP contribution in [0.4, 0.5) is 0 Å². The van der Waals surface area contributed by atoms with Gasteiger partial charge < -0.3 is 5.11 Å². The van der Waals surface area contributed by atoms with Crippen molar-refractivity contribution in [2.45, 2.75) is 44.9 Å². The summed E-state index contributed by atoms with van der Waals surface area (Å²) in [5.74, 6) is -0.654. The van der Waals surface area contributed by atoms with Crippen molar-refractivity contribution in [3.63, 3.8) is 0 Å². The Morgan fingerprint density at radius 3 is 2.57 bits per heavy atom.